The zero-order valence-electron chi connectivity index (χ0n) is 13.7. The molecule has 0 saturated carbocycles. The van der Waals surface area contributed by atoms with Crippen molar-refractivity contribution in [3.8, 4) is 0 Å². The summed E-state index contributed by atoms with van der Waals surface area (Å²) in [6, 6.07) is 7.97. The van der Waals surface area contributed by atoms with Crippen LogP contribution in [0.4, 0.5) is 0 Å². The molecular formula is C18H25ClO4. The molecule has 0 bridgehead atoms. The van der Waals surface area contributed by atoms with Crippen molar-refractivity contribution in [3.05, 3.63) is 34.9 Å². The highest BCUT2D eigenvalue weighted by molar-refractivity contribution is 6.30. The zero-order chi connectivity index (χ0) is 16.5. The first-order valence-electron chi connectivity index (χ1n) is 8.30. The number of hydrogen-bond acceptors (Lipinski definition) is 4. The summed E-state index contributed by atoms with van der Waals surface area (Å²) in [6.07, 6.45) is 4.66. The van der Waals surface area contributed by atoms with Gasteiger partial charge >= 0.3 is 5.97 Å². The van der Waals surface area contributed by atoms with E-state index in [1.54, 1.807) is 6.92 Å². The Morgan fingerprint density at radius 2 is 1.91 bits per heavy atom. The lowest BCUT2D eigenvalue weighted by Gasteiger charge is -2.10. The third kappa shape index (κ3) is 6.13. The van der Waals surface area contributed by atoms with Gasteiger partial charge in [-0.1, -0.05) is 23.7 Å². The fourth-order valence-corrected chi connectivity index (χ4v) is 2.59. The molecule has 2 rings (SSSR count). The van der Waals surface area contributed by atoms with Crippen molar-refractivity contribution >= 4 is 17.6 Å². The largest absolute Gasteiger partial charge is 0.464 e. The van der Waals surface area contributed by atoms with E-state index >= 15 is 0 Å². The summed E-state index contributed by atoms with van der Waals surface area (Å²) in [5.41, 5.74) is 0.630. The van der Waals surface area contributed by atoms with Gasteiger partial charge in [0.15, 0.2) is 5.60 Å². The van der Waals surface area contributed by atoms with E-state index in [0.717, 1.165) is 37.3 Å². The quantitative estimate of drug-likeness (QED) is 0.349. The van der Waals surface area contributed by atoms with Crippen molar-refractivity contribution in [2.24, 2.45) is 0 Å². The molecule has 1 aliphatic heterocycles. The molecule has 1 fully saturated rings. The SMILES string of the molecule is CCOC(=O)C1(CCCOCCCCc2ccc(Cl)cc2)CO1. The van der Waals surface area contributed by atoms with E-state index in [2.05, 4.69) is 12.1 Å². The Labute approximate surface area is 143 Å². The van der Waals surface area contributed by atoms with Crippen molar-refractivity contribution < 1.29 is 19.0 Å². The molecule has 1 aliphatic rings. The van der Waals surface area contributed by atoms with Gasteiger partial charge in [0.05, 0.1) is 13.2 Å². The maximum absolute atomic E-state index is 11.7. The fourth-order valence-electron chi connectivity index (χ4n) is 2.46. The molecule has 1 saturated heterocycles. The standard InChI is InChI=1S/C18H25ClO4/c1-2-22-17(20)18(14-23-18)11-5-13-21-12-4-3-6-15-7-9-16(19)10-8-15/h7-10H,2-6,11-14H2,1H3. The van der Waals surface area contributed by atoms with Gasteiger partial charge < -0.3 is 14.2 Å². The predicted molar refractivity (Wildman–Crippen MR) is 89.8 cm³/mol. The molecule has 5 heteroatoms. The van der Waals surface area contributed by atoms with Crippen molar-refractivity contribution in [1.29, 1.82) is 0 Å². The van der Waals surface area contributed by atoms with Crippen LogP contribution in [0, 0.1) is 0 Å². The summed E-state index contributed by atoms with van der Waals surface area (Å²) in [7, 11) is 0. The molecular weight excluding hydrogens is 316 g/mol. The highest BCUT2D eigenvalue weighted by Crippen LogP contribution is 2.33. The van der Waals surface area contributed by atoms with Crippen molar-refractivity contribution in [2.75, 3.05) is 26.4 Å². The molecule has 4 nitrogen and oxygen atoms in total. The Bertz CT molecular complexity index is 482. The molecule has 1 unspecified atom stereocenters. The van der Waals surface area contributed by atoms with Crippen LogP contribution >= 0.6 is 11.6 Å². The first-order valence-corrected chi connectivity index (χ1v) is 8.67. The van der Waals surface area contributed by atoms with E-state index in [4.69, 9.17) is 25.8 Å². The van der Waals surface area contributed by atoms with Crippen molar-refractivity contribution in [2.45, 2.75) is 44.6 Å². The zero-order valence-corrected chi connectivity index (χ0v) is 14.4. The minimum Gasteiger partial charge on any atom is -0.464 e. The van der Waals surface area contributed by atoms with Crippen LogP contribution in [0.15, 0.2) is 24.3 Å². The first-order chi connectivity index (χ1) is 11.2. The number of epoxide rings is 1. The van der Waals surface area contributed by atoms with Crippen LogP contribution in [-0.4, -0.2) is 38.0 Å². The summed E-state index contributed by atoms with van der Waals surface area (Å²) in [4.78, 5) is 11.7. The number of halogens is 1. The lowest BCUT2D eigenvalue weighted by molar-refractivity contribution is -0.149. The summed E-state index contributed by atoms with van der Waals surface area (Å²) in [6.45, 7) is 4.09. The van der Waals surface area contributed by atoms with E-state index in [0.29, 0.717) is 26.2 Å². The van der Waals surface area contributed by atoms with Gasteiger partial charge in [-0.2, -0.15) is 0 Å². The van der Waals surface area contributed by atoms with Gasteiger partial charge in [0.1, 0.15) is 0 Å². The molecule has 1 heterocycles. The van der Waals surface area contributed by atoms with Gasteiger partial charge in [-0.3, -0.25) is 0 Å². The van der Waals surface area contributed by atoms with E-state index in [1.807, 2.05) is 12.1 Å². The highest BCUT2D eigenvalue weighted by atomic mass is 35.5. The van der Waals surface area contributed by atoms with E-state index in [-0.39, 0.29) is 5.97 Å². The highest BCUT2D eigenvalue weighted by Gasteiger charge is 2.53. The molecule has 1 aromatic rings. The second kappa shape index (κ2) is 9.26. The Kier molecular flexibility index (Phi) is 7.34. The lowest BCUT2D eigenvalue weighted by atomic mass is 10.1. The van der Waals surface area contributed by atoms with Crippen LogP contribution in [0.2, 0.25) is 5.02 Å². The monoisotopic (exact) mass is 340 g/mol. The number of ether oxygens (including phenoxy) is 3. The smallest absolute Gasteiger partial charge is 0.340 e. The number of unbranched alkanes of at least 4 members (excludes halogenated alkanes) is 1. The summed E-state index contributed by atoms with van der Waals surface area (Å²) in [5, 5.41) is 0.775. The first kappa shape index (κ1) is 18.2. The van der Waals surface area contributed by atoms with E-state index in [9.17, 15) is 4.79 Å². The molecule has 0 N–H and O–H groups in total. The van der Waals surface area contributed by atoms with Gasteiger partial charge in [-0.05, 0) is 56.7 Å². The van der Waals surface area contributed by atoms with Crippen LogP contribution in [0.5, 0.6) is 0 Å². The molecule has 0 aromatic heterocycles. The molecule has 1 atom stereocenters. The normalized spacial score (nSPS) is 19.6. The number of hydrogen-bond donors (Lipinski definition) is 0. The van der Waals surface area contributed by atoms with Gasteiger partial charge in [0.2, 0.25) is 0 Å². The number of esters is 1. The Hall–Kier alpha value is -1.10. The Morgan fingerprint density at radius 3 is 2.57 bits per heavy atom. The summed E-state index contributed by atoms with van der Waals surface area (Å²) in [5.74, 6) is -0.233. The molecule has 0 radical (unpaired) electrons. The average Bonchev–Trinajstić information content (AvgIpc) is 3.33. The van der Waals surface area contributed by atoms with E-state index < -0.39 is 5.60 Å². The Morgan fingerprint density at radius 1 is 1.22 bits per heavy atom. The van der Waals surface area contributed by atoms with Crippen LogP contribution in [0.25, 0.3) is 0 Å². The van der Waals surface area contributed by atoms with Crippen LogP contribution in [0.1, 0.15) is 38.2 Å². The summed E-state index contributed by atoms with van der Waals surface area (Å²) >= 11 is 5.86. The lowest BCUT2D eigenvalue weighted by Crippen LogP contribution is -2.27. The van der Waals surface area contributed by atoms with Gasteiger partial charge in [-0.25, -0.2) is 4.79 Å². The number of benzene rings is 1. The third-order valence-electron chi connectivity index (χ3n) is 3.93. The molecule has 23 heavy (non-hydrogen) atoms. The molecule has 0 amide bonds. The van der Waals surface area contributed by atoms with Gasteiger partial charge in [-0.15, -0.1) is 0 Å². The van der Waals surface area contributed by atoms with Crippen molar-refractivity contribution in [1.82, 2.24) is 0 Å². The number of carbonyl (C=O) groups is 1. The van der Waals surface area contributed by atoms with Crippen LogP contribution in [-0.2, 0) is 25.4 Å². The predicted octanol–water partition coefficient (Wildman–Crippen LogP) is 3.79. The number of aryl methyl sites for hydroxylation is 1. The Balaban J connectivity index is 1.47. The minimum atomic E-state index is -0.673. The number of carbonyl (C=O) groups excluding carboxylic acids is 1. The summed E-state index contributed by atoms with van der Waals surface area (Å²) < 4.78 is 15.9. The van der Waals surface area contributed by atoms with Crippen LogP contribution in [0.3, 0.4) is 0 Å². The second-order valence-corrected chi connectivity index (χ2v) is 6.24. The molecule has 1 aromatic carbocycles. The third-order valence-corrected chi connectivity index (χ3v) is 4.18. The molecule has 128 valence electrons. The average molecular weight is 341 g/mol. The maximum atomic E-state index is 11.7. The maximum Gasteiger partial charge on any atom is 0.340 e. The van der Waals surface area contributed by atoms with Crippen LogP contribution < -0.4 is 0 Å². The van der Waals surface area contributed by atoms with Gasteiger partial charge in [0, 0.05) is 18.2 Å². The molecule has 0 aliphatic carbocycles. The topological polar surface area (TPSA) is 48.1 Å². The molecule has 0 spiro atoms. The fraction of sp³-hybridized carbons (Fsp3) is 0.611. The van der Waals surface area contributed by atoms with Gasteiger partial charge in [0.25, 0.3) is 0 Å². The number of rotatable bonds is 11. The minimum absolute atomic E-state index is 0.233. The second-order valence-electron chi connectivity index (χ2n) is 5.80. The van der Waals surface area contributed by atoms with Crippen molar-refractivity contribution in [3.63, 3.8) is 0 Å². The van der Waals surface area contributed by atoms with E-state index in [1.165, 1.54) is 5.56 Å².